The van der Waals surface area contributed by atoms with Gasteiger partial charge in [0, 0.05) is 30.0 Å². The summed E-state index contributed by atoms with van der Waals surface area (Å²) in [7, 11) is 1.91. The zero-order valence-electron chi connectivity index (χ0n) is 11.6. The third kappa shape index (κ3) is 4.75. The topological polar surface area (TPSA) is 23.5 Å². The van der Waals surface area contributed by atoms with Gasteiger partial charge in [-0.05, 0) is 25.8 Å². The lowest BCUT2D eigenvalue weighted by Crippen LogP contribution is -2.36. The average Bonchev–Trinajstić information content (AvgIpc) is 2.35. The molecule has 2 atom stereocenters. The minimum absolute atomic E-state index is 0.146. The molecule has 0 amide bonds. The molecule has 2 nitrogen and oxygen atoms in total. The molecule has 0 radical (unpaired) electrons. The number of rotatable bonds is 7. The predicted molar refractivity (Wildman–Crippen MR) is 76.4 cm³/mol. The van der Waals surface area contributed by atoms with Gasteiger partial charge in [0.05, 0.1) is 6.10 Å². The summed E-state index contributed by atoms with van der Waals surface area (Å²) < 4.78 is 26.4. The lowest BCUT2D eigenvalue weighted by Gasteiger charge is -2.28. The summed E-state index contributed by atoms with van der Waals surface area (Å²) in [6.07, 6.45) is 2.06. The van der Waals surface area contributed by atoms with Gasteiger partial charge >= 0.3 is 0 Å². The smallest absolute Gasteiger partial charge is 0.131 e. The molecular weight excluding hydrogens is 268 g/mol. The lowest BCUT2D eigenvalue weighted by atomic mass is 10.1. The summed E-state index contributed by atoms with van der Waals surface area (Å²) in [5, 5.41) is 10.1. The minimum Gasteiger partial charge on any atom is -0.387 e. The molecule has 0 aromatic heterocycles. The van der Waals surface area contributed by atoms with Gasteiger partial charge in [-0.2, -0.15) is 11.8 Å². The van der Waals surface area contributed by atoms with Gasteiger partial charge in [0.2, 0.25) is 0 Å². The second-order valence-electron chi connectivity index (χ2n) is 4.64. The first-order chi connectivity index (χ1) is 8.99. The van der Waals surface area contributed by atoms with E-state index in [0.29, 0.717) is 12.6 Å². The molecule has 5 heteroatoms. The number of aliphatic hydroxyl groups is 1. The van der Waals surface area contributed by atoms with E-state index < -0.39 is 17.7 Å². The van der Waals surface area contributed by atoms with E-state index in [2.05, 4.69) is 6.92 Å². The highest BCUT2D eigenvalue weighted by Gasteiger charge is 2.19. The standard InChI is InChI=1S/C14H21F2NOS/c1-4-11(9-19-3)17(2)8-14(18)12-6-5-10(15)7-13(12)16/h5-7,11,14,18H,4,8-9H2,1-3H3. The number of hydrogen-bond acceptors (Lipinski definition) is 3. The highest BCUT2D eigenvalue weighted by atomic mass is 32.2. The van der Waals surface area contributed by atoms with Crippen LogP contribution in [-0.2, 0) is 0 Å². The molecule has 0 saturated heterocycles. The Morgan fingerprint density at radius 3 is 2.58 bits per heavy atom. The van der Waals surface area contributed by atoms with E-state index in [-0.39, 0.29) is 5.56 Å². The van der Waals surface area contributed by atoms with E-state index in [0.717, 1.165) is 18.2 Å². The number of thioether (sulfide) groups is 1. The maximum absolute atomic E-state index is 13.6. The molecule has 1 aromatic rings. The Balaban J connectivity index is 2.70. The molecule has 19 heavy (non-hydrogen) atoms. The van der Waals surface area contributed by atoms with Gasteiger partial charge in [0.1, 0.15) is 11.6 Å². The van der Waals surface area contributed by atoms with Crippen LogP contribution >= 0.6 is 11.8 Å². The second-order valence-corrected chi connectivity index (χ2v) is 5.55. The van der Waals surface area contributed by atoms with Crippen molar-refractivity contribution in [2.45, 2.75) is 25.5 Å². The average molecular weight is 289 g/mol. The second kappa shape index (κ2) is 7.82. The quantitative estimate of drug-likeness (QED) is 0.834. The van der Waals surface area contributed by atoms with Gasteiger partial charge < -0.3 is 5.11 Å². The Kier molecular flexibility index (Phi) is 6.75. The van der Waals surface area contributed by atoms with E-state index in [4.69, 9.17) is 0 Å². The molecule has 0 bridgehead atoms. The number of aliphatic hydroxyl groups excluding tert-OH is 1. The Labute approximate surface area is 117 Å². The summed E-state index contributed by atoms with van der Waals surface area (Å²) in [6, 6.07) is 3.62. The summed E-state index contributed by atoms with van der Waals surface area (Å²) >= 11 is 1.74. The van der Waals surface area contributed by atoms with E-state index in [1.54, 1.807) is 11.8 Å². The SMILES string of the molecule is CCC(CSC)N(C)CC(O)c1ccc(F)cc1F. The van der Waals surface area contributed by atoms with Crippen LogP contribution in [0.15, 0.2) is 18.2 Å². The van der Waals surface area contributed by atoms with Crippen molar-refractivity contribution in [2.24, 2.45) is 0 Å². The molecule has 2 unspecified atom stereocenters. The molecular formula is C14H21F2NOS. The summed E-state index contributed by atoms with van der Waals surface area (Å²) in [6.45, 7) is 2.42. The van der Waals surface area contributed by atoms with Crippen LogP contribution in [0.5, 0.6) is 0 Å². The molecule has 0 fully saturated rings. The summed E-state index contributed by atoms with van der Waals surface area (Å²) in [5.41, 5.74) is 0.146. The Hall–Kier alpha value is -0.650. The lowest BCUT2D eigenvalue weighted by molar-refractivity contribution is 0.105. The van der Waals surface area contributed by atoms with E-state index in [9.17, 15) is 13.9 Å². The minimum atomic E-state index is -0.943. The van der Waals surface area contributed by atoms with Crippen molar-refractivity contribution in [1.29, 1.82) is 0 Å². The summed E-state index contributed by atoms with van der Waals surface area (Å²) in [5.74, 6) is -0.361. The molecule has 1 rings (SSSR count). The monoisotopic (exact) mass is 289 g/mol. The van der Waals surface area contributed by atoms with E-state index >= 15 is 0 Å². The molecule has 0 spiro atoms. The van der Waals surface area contributed by atoms with Crippen LogP contribution in [-0.4, -0.2) is 41.6 Å². The van der Waals surface area contributed by atoms with Crippen LogP contribution in [0.25, 0.3) is 0 Å². The van der Waals surface area contributed by atoms with Crippen molar-refractivity contribution in [3.63, 3.8) is 0 Å². The van der Waals surface area contributed by atoms with Gasteiger partial charge in [-0.25, -0.2) is 8.78 Å². The van der Waals surface area contributed by atoms with Crippen LogP contribution in [0.1, 0.15) is 25.0 Å². The Bertz CT molecular complexity index is 403. The van der Waals surface area contributed by atoms with Crippen LogP contribution in [0.2, 0.25) is 0 Å². The predicted octanol–water partition coefficient (Wildman–Crippen LogP) is 3.07. The molecule has 0 aliphatic rings. The van der Waals surface area contributed by atoms with Gasteiger partial charge in [-0.3, -0.25) is 4.90 Å². The van der Waals surface area contributed by atoms with E-state index in [1.165, 1.54) is 12.1 Å². The van der Waals surface area contributed by atoms with Gasteiger partial charge in [-0.15, -0.1) is 0 Å². The number of benzene rings is 1. The molecule has 0 saturated carbocycles. The fraction of sp³-hybridized carbons (Fsp3) is 0.571. The van der Waals surface area contributed by atoms with Crippen molar-refractivity contribution >= 4 is 11.8 Å². The largest absolute Gasteiger partial charge is 0.387 e. The Morgan fingerprint density at radius 1 is 1.37 bits per heavy atom. The molecule has 0 heterocycles. The van der Waals surface area contributed by atoms with Crippen LogP contribution in [0.4, 0.5) is 8.78 Å². The van der Waals surface area contributed by atoms with Crippen LogP contribution in [0.3, 0.4) is 0 Å². The first kappa shape index (κ1) is 16.4. The molecule has 1 aromatic carbocycles. The third-order valence-corrected chi connectivity index (χ3v) is 3.95. The number of halogens is 2. The Morgan fingerprint density at radius 2 is 2.05 bits per heavy atom. The van der Waals surface area contributed by atoms with Gasteiger partial charge in [0.25, 0.3) is 0 Å². The van der Waals surface area contributed by atoms with Crippen molar-refractivity contribution in [1.82, 2.24) is 4.90 Å². The van der Waals surface area contributed by atoms with Gasteiger partial charge in [0.15, 0.2) is 0 Å². The number of likely N-dealkylation sites (N-methyl/N-ethyl adjacent to an activating group) is 1. The van der Waals surface area contributed by atoms with Crippen molar-refractivity contribution in [3.8, 4) is 0 Å². The highest BCUT2D eigenvalue weighted by molar-refractivity contribution is 7.98. The molecule has 108 valence electrons. The zero-order chi connectivity index (χ0) is 14.4. The highest BCUT2D eigenvalue weighted by Crippen LogP contribution is 2.20. The van der Waals surface area contributed by atoms with Crippen LogP contribution in [0, 0.1) is 11.6 Å². The molecule has 0 aliphatic heterocycles. The normalized spacial score (nSPS) is 14.7. The molecule has 0 aliphatic carbocycles. The fourth-order valence-electron chi connectivity index (χ4n) is 2.04. The number of nitrogens with zero attached hydrogens (tertiary/aromatic N) is 1. The summed E-state index contributed by atoms with van der Waals surface area (Å²) in [4.78, 5) is 2.02. The van der Waals surface area contributed by atoms with Crippen molar-refractivity contribution in [3.05, 3.63) is 35.4 Å². The van der Waals surface area contributed by atoms with Crippen molar-refractivity contribution in [2.75, 3.05) is 25.6 Å². The zero-order valence-corrected chi connectivity index (χ0v) is 12.4. The van der Waals surface area contributed by atoms with E-state index in [1.807, 2.05) is 18.2 Å². The maximum atomic E-state index is 13.6. The van der Waals surface area contributed by atoms with Crippen molar-refractivity contribution < 1.29 is 13.9 Å². The maximum Gasteiger partial charge on any atom is 0.131 e. The van der Waals surface area contributed by atoms with Gasteiger partial charge in [-0.1, -0.05) is 13.0 Å². The molecule has 1 N–H and O–H groups in total. The van der Waals surface area contributed by atoms with Crippen LogP contribution < -0.4 is 0 Å². The third-order valence-electron chi connectivity index (χ3n) is 3.24. The first-order valence-corrected chi connectivity index (χ1v) is 7.71. The first-order valence-electron chi connectivity index (χ1n) is 6.31. The number of hydrogen-bond donors (Lipinski definition) is 1. The fourth-order valence-corrected chi connectivity index (χ4v) is 2.92.